The fourth-order valence-corrected chi connectivity index (χ4v) is 4.53. The fourth-order valence-electron chi connectivity index (χ4n) is 4.53. The lowest BCUT2D eigenvalue weighted by atomic mass is 10.0. The van der Waals surface area contributed by atoms with Crippen molar-refractivity contribution < 1.29 is 9.15 Å². The third-order valence-corrected chi connectivity index (χ3v) is 6.48. The summed E-state index contributed by atoms with van der Waals surface area (Å²) >= 11 is 0. The Morgan fingerprint density at radius 2 is 1.08 bits per heavy atom. The predicted octanol–water partition coefficient (Wildman–Crippen LogP) is 9.95. The van der Waals surface area contributed by atoms with Gasteiger partial charge in [-0.15, -0.1) is 0 Å². The average molecular weight is 504 g/mol. The molecule has 4 aromatic carbocycles. The summed E-state index contributed by atoms with van der Waals surface area (Å²) < 4.78 is 12.6. The van der Waals surface area contributed by atoms with Gasteiger partial charge in [-0.25, -0.2) is 4.42 Å². The first-order chi connectivity index (χ1) is 19.3. The molecule has 0 N–H and O–H groups in total. The summed E-state index contributed by atoms with van der Waals surface area (Å²) in [5, 5.41) is 0. The van der Waals surface area contributed by atoms with Gasteiger partial charge in [0.2, 0.25) is 0 Å². The Labute approximate surface area is 229 Å². The average Bonchev–Trinajstić information content (AvgIpc) is 3.02. The SMILES string of the molecule is C1=C(c2ccccc2)C=C(c2ccccc2)O/C1=C\C=C\c1cc(-c2ccccc2)cc(-c2ccccc2)[o+]1. The van der Waals surface area contributed by atoms with Crippen LogP contribution in [0.3, 0.4) is 0 Å². The molecule has 0 atom stereocenters. The van der Waals surface area contributed by atoms with E-state index < -0.39 is 0 Å². The molecule has 0 bridgehead atoms. The van der Waals surface area contributed by atoms with Crippen LogP contribution >= 0.6 is 0 Å². The molecule has 2 heterocycles. The van der Waals surface area contributed by atoms with E-state index in [0.29, 0.717) is 0 Å². The maximum absolute atomic E-state index is 6.31. The van der Waals surface area contributed by atoms with Crippen LogP contribution in [0.1, 0.15) is 16.9 Å². The summed E-state index contributed by atoms with van der Waals surface area (Å²) in [7, 11) is 0. The maximum Gasteiger partial charge on any atom is 0.361 e. The van der Waals surface area contributed by atoms with Crippen LogP contribution in [0.2, 0.25) is 0 Å². The molecule has 0 saturated carbocycles. The Bertz CT molecular complexity index is 1620. The molecule has 0 spiro atoms. The highest BCUT2D eigenvalue weighted by Gasteiger charge is 2.18. The zero-order valence-electron chi connectivity index (χ0n) is 21.4. The smallest absolute Gasteiger partial charge is 0.361 e. The van der Waals surface area contributed by atoms with Crippen molar-refractivity contribution in [3.8, 4) is 22.5 Å². The number of allylic oxidation sites excluding steroid dienone is 5. The minimum absolute atomic E-state index is 0.758. The van der Waals surface area contributed by atoms with Gasteiger partial charge in [-0.05, 0) is 53.1 Å². The van der Waals surface area contributed by atoms with Crippen molar-refractivity contribution in [1.29, 1.82) is 0 Å². The van der Waals surface area contributed by atoms with E-state index in [1.807, 2.05) is 66.8 Å². The van der Waals surface area contributed by atoms with Crippen molar-refractivity contribution in [1.82, 2.24) is 0 Å². The first kappa shape index (κ1) is 24.1. The molecule has 1 aromatic heterocycles. The van der Waals surface area contributed by atoms with Crippen molar-refractivity contribution in [3.63, 3.8) is 0 Å². The lowest BCUT2D eigenvalue weighted by Crippen LogP contribution is -1.99. The van der Waals surface area contributed by atoms with Gasteiger partial charge in [0.25, 0.3) is 0 Å². The topological polar surface area (TPSA) is 20.5 Å². The lowest BCUT2D eigenvalue weighted by Gasteiger charge is -2.18. The zero-order chi connectivity index (χ0) is 26.3. The highest BCUT2D eigenvalue weighted by molar-refractivity contribution is 5.85. The summed E-state index contributed by atoms with van der Waals surface area (Å²) in [6.45, 7) is 0. The molecule has 2 heteroatoms. The summed E-state index contributed by atoms with van der Waals surface area (Å²) in [6, 6.07) is 45.2. The number of ether oxygens (including phenoxy) is 1. The van der Waals surface area contributed by atoms with Crippen LogP contribution in [0.4, 0.5) is 0 Å². The van der Waals surface area contributed by atoms with Crippen LogP contribution < -0.4 is 0 Å². The van der Waals surface area contributed by atoms with Gasteiger partial charge in [-0.2, -0.15) is 0 Å². The van der Waals surface area contributed by atoms with Crippen LogP contribution in [0.15, 0.2) is 168 Å². The molecular formula is C37H27O2+. The van der Waals surface area contributed by atoms with Gasteiger partial charge in [0, 0.05) is 17.2 Å². The van der Waals surface area contributed by atoms with Gasteiger partial charge in [0.1, 0.15) is 11.5 Å². The van der Waals surface area contributed by atoms with Gasteiger partial charge in [-0.3, -0.25) is 0 Å². The van der Waals surface area contributed by atoms with Crippen molar-refractivity contribution >= 4 is 17.4 Å². The minimum Gasteiger partial charge on any atom is -0.457 e. The molecule has 39 heavy (non-hydrogen) atoms. The number of benzene rings is 4. The van der Waals surface area contributed by atoms with Crippen molar-refractivity contribution in [2.75, 3.05) is 0 Å². The molecule has 186 valence electrons. The molecule has 0 saturated heterocycles. The summed E-state index contributed by atoms with van der Waals surface area (Å²) in [5.74, 6) is 3.15. The monoisotopic (exact) mass is 503 g/mol. The summed E-state index contributed by atoms with van der Waals surface area (Å²) in [6.07, 6.45) is 10.1. The highest BCUT2D eigenvalue weighted by atomic mass is 16.5. The fraction of sp³-hybridized carbons (Fsp3) is 0. The number of hydrogen-bond donors (Lipinski definition) is 0. The number of rotatable bonds is 6. The quantitative estimate of drug-likeness (QED) is 0.215. The summed E-state index contributed by atoms with van der Waals surface area (Å²) in [4.78, 5) is 0. The van der Waals surface area contributed by atoms with E-state index in [0.717, 1.165) is 56.4 Å². The Morgan fingerprint density at radius 1 is 0.513 bits per heavy atom. The van der Waals surface area contributed by atoms with Crippen LogP contribution in [0, 0.1) is 0 Å². The van der Waals surface area contributed by atoms with Crippen LogP contribution in [0.25, 0.3) is 39.9 Å². The van der Waals surface area contributed by atoms with Gasteiger partial charge in [-0.1, -0.05) is 109 Å². The lowest BCUT2D eigenvalue weighted by molar-refractivity contribution is 0.398. The summed E-state index contributed by atoms with van der Waals surface area (Å²) in [5.41, 5.74) is 6.55. The second-order valence-corrected chi connectivity index (χ2v) is 9.22. The predicted molar refractivity (Wildman–Crippen MR) is 161 cm³/mol. The molecule has 0 amide bonds. The van der Waals surface area contributed by atoms with Crippen molar-refractivity contribution in [2.45, 2.75) is 0 Å². The van der Waals surface area contributed by atoms with Crippen molar-refractivity contribution in [3.05, 3.63) is 180 Å². The van der Waals surface area contributed by atoms with Gasteiger partial charge in [0.15, 0.2) is 0 Å². The molecule has 5 aromatic rings. The maximum atomic E-state index is 6.31. The number of hydrogen-bond acceptors (Lipinski definition) is 1. The Balaban J connectivity index is 1.36. The molecule has 2 nitrogen and oxygen atoms in total. The van der Waals surface area contributed by atoms with Crippen LogP contribution in [-0.4, -0.2) is 0 Å². The van der Waals surface area contributed by atoms with E-state index in [2.05, 4.69) is 97.1 Å². The molecule has 1 aliphatic heterocycles. The Kier molecular flexibility index (Phi) is 7.09. The standard InChI is InChI=1S/C37H27O2/c1-5-14-28(15-6-1)32-24-34(38-36(26-32)30-18-9-3-10-19-30)22-13-23-35-25-33(29-16-7-2-8-17-29)27-37(39-35)31-20-11-4-12-21-31/h1-27H/q+1. The van der Waals surface area contributed by atoms with E-state index in [1.54, 1.807) is 0 Å². The van der Waals surface area contributed by atoms with Gasteiger partial charge in [0.05, 0.1) is 17.7 Å². The molecule has 1 aliphatic rings. The van der Waals surface area contributed by atoms with E-state index in [1.165, 1.54) is 0 Å². The normalized spacial score (nSPS) is 14.1. The van der Waals surface area contributed by atoms with Crippen LogP contribution in [-0.2, 0) is 4.74 Å². The second-order valence-electron chi connectivity index (χ2n) is 9.22. The molecule has 0 radical (unpaired) electrons. The highest BCUT2D eigenvalue weighted by Crippen LogP contribution is 2.32. The van der Waals surface area contributed by atoms with Crippen molar-refractivity contribution in [2.24, 2.45) is 0 Å². The third kappa shape index (κ3) is 5.87. The molecule has 0 fully saturated rings. The van der Waals surface area contributed by atoms with Gasteiger partial charge >= 0.3 is 11.5 Å². The minimum atomic E-state index is 0.758. The third-order valence-electron chi connectivity index (χ3n) is 6.48. The zero-order valence-corrected chi connectivity index (χ0v) is 21.4. The first-order valence-electron chi connectivity index (χ1n) is 13.0. The Hall–Kier alpha value is -5.21. The second kappa shape index (κ2) is 11.5. The van der Waals surface area contributed by atoms with Gasteiger partial charge < -0.3 is 4.74 Å². The largest absolute Gasteiger partial charge is 0.457 e. The molecule has 0 unspecified atom stereocenters. The van der Waals surface area contributed by atoms with E-state index in [4.69, 9.17) is 9.15 Å². The van der Waals surface area contributed by atoms with Crippen LogP contribution in [0.5, 0.6) is 0 Å². The van der Waals surface area contributed by atoms with E-state index in [9.17, 15) is 0 Å². The van der Waals surface area contributed by atoms with E-state index in [-0.39, 0.29) is 0 Å². The molecular weight excluding hydrogens is 476 g/mol. The Morgan fingerprint density at radius 3 is 1.72 bits per heavy atom. The first-order valence-corrected chi connectivity index (χ1v) is 13.0. The molecule has 6 rings (SSSR count). The molecule has 0 aliphatic carbocycles. The van der Waals surface area contributed by atoms with E-state index >= 15 is 0 Å².